The van der Waals surface area contributed by atoms with Crippen LogP contribution in [0.4, 0.5) is 0 Å². The lowest BCUT2D eigenvalue weighted by Crippen LogP contribution is -2.42. The summed E-state index contributed by atoms with van der Waals surface area (Å²) < 4.78 is 50.9. The molecule has 2 fully saturated rings. The van der Waals surface area contributed by atoms with E-state index < -0.39 is 10.1 Å². The number of hydrogen-bond donors (Lipinski definition) is 1. The third-order valence-corrected chi connectivity index (χ3v) is 10.1. The molecule has 3 aliphatic carbocycles. The molecular formula is C28H36O6S. The summed E-state index contributed by atoms with van der Waals surface area (Å²) in [5.41, 5.74) is 4.55. The van der Waals surface area contributed by atoms with E-state index >= 15 is 0 Å². The first kappa shape index (κ1) is 24.6. The van der Waals surface area contributed by atoms with Gasteiger partial charge in [0.1, 0.15) is 0 Å². The highest BCUT2D eigenvalue weighted by atomic mass is 32.2. The monoisotopic (exact) mass is 500 g/mol. The van der Waals surface area contributed by atoms with Crippen LogP contribution in [0.1, 0.15) is 73.1 Å². The first-order valence-corrected chi connectivity index (χ1v) is 14.0. The van der Waals surface area contributed by atoms with Gasteiger partial charge < -0.3 is 14.2 Å². The number of aryl methyl sites for hydroxylation is 2. The molecule has 0 aromatic heterocycles. The Labute approximate surface area is 208 Å². The molecule has 35 heavy (non-hydrogen) atoms. The Kier molecular flexibility index (Phi) is 6.39. The topological polar surface area (TPSA) is 82.1 Å². The summed E-state index contributed by atoms with van der Waals surface area (Å²) in [5, 5.41) is 0. The molecule has 3 unspecified atom stereocenters. The van der Waals surface area contributed by atoms with Crippen LogP contribution in [0.25, 0.3) is 0 Å². The Hall–Kier alpha value is -2.09. The maximum absolute atomic E-state index is 12.2. The Balaban J connectivity index is 1.48. The second-order valence-corrected chi connectivity index (χ2v) is 12.2. The van der Waals surface area contributed by atoms with E-state index in [9.17, 15) is 13.0 Å². The standard InChI is InChI=1S/C28H36O6S/c1-17-5-10-27(35(29,30)31)22(13-17)24-9-8-23-20-7-6-18-14-26(34-16-32-3)25(33-4)15-21(18)19(20)11-12-28(23,24)2/h5,10,13-15,19-20,23-24H,6-9,11-12,16H2,1-4H3,(H,29,30,31)/t19?,20?,23?,24-,28+/m1/s1. The van der Waals surface area contributed by atoms with Crippen molar-refractivity contribution in [3.63, 3.8) is 0 Å². The molecule has 0 aliphatic heterocycles. The summed E-state index contributed by atoms with van der Waals surface area (Å²) in [7, 11) is -0.982. The smallest absolute Gasteiger partial charge is 0.294 e. The van der Waals surface area contributed by atoms with Gasteiger partial charge in [0.15, 0.2) is 18.3 Å². The Morgan fingerprint density at radius 2 is 1.83 bits per heavy atom. The summed E-state index contributed by atoms with van der Waals surface area (Å²) in [6, 6.07) is 9.63. The number of rotatable bonds is 6. The van der Waals surface area contributed by atoms with Crippen molar-refractivity contribution < 1.29 is 27.2 Å². The van der Waals surface area contributed by atoms with E-state index in [2.05, 4.69) is 19.1 Å². The van der Waals surface area contributed by atoms with Crippen LogP contribution in [-0.2, 0) is 21.3 Å². The van der Waals surface area contributed by atoms with E-state index in [-0.39, 0.29) is 23.0 Å². The van der Waals surface area contributed by atoms with Crippen LogP contribution in [0.3, 0.4) is 0 Å². The van der Waals surface area contributed by atoms with Crippen LogP contribution in [0.2, 0.25) is 0 Å². The SMILES string of the molecule is COCOc1cc2c(cc1OC)C1CC[C@@]3(C)C(CC[C@@H]3c3cc(C)ccc3S(=O)(=O)O)C1CC2. The van der Waals surface area contributed by atoms with Crippen molar-refractivity contribution in [3.05, 3.63) is 52.6 Å². The van der Waals surface area contributed by atoms with Crippen molar-refractivity contribution in [1.82, 2.24) is 0 Å². The van der Waals surface area contributed by atoms with Gasteiger partial charge in [0.25, 0.3) is 10.1 Å². The second-order valence-electron chi connectivity index (χ2n) is 10.9. The number of methoxy groups -OCH3 is 2. The van der Waals surface area contributed by atoms with Crippen LogP contribution in [0.15, 0.2) is 35.2 Å². The normalized spacial score (nSPS) is 29.7. The van der Waals surface area contributed by atoms with Crippen LogP contribution < -0.4 is 9.47 Å². The van der Waals surface area contributed by atoms with Gasteiger partial charge in [-0.2, -0.15) is 8.42 Å². The highest BCUT2D eigenvalue weighted by Gasteiger charge is 2.55. The van der Waals surface area contributed by atoms with Gasteiger partial charge in [0, 0.05) is 7.11 Å². The molecule has 190 valence electrons. The van der Waals surface area contributed by atoms with E-state index in [1.165, 1.54) is 11.1 Å². The predicted octanol–water partition coefficient (Wildman–Crippen LogP) is 5.87. The molecule has 0 radical (unpaired) electrons. The molecule has 1 N–H and O–H groups in total. The first-order valence-electron chi connectivity index (χ1n) is 12.6. The van der Waals surface area contributed by atoms with Gasteiger partial charge >= 0.3 is 0 Å². The van der Waals surface area contributed by atoms with Crippen LogP contribution in [0.5, 0.6) is 11.5 Å². The van der Waals surface area contributed by atoms with E-state index in [0.29, 0.717) is 17.8 Å². The lowest BCUT2D eigenvalue weighted by Gasteiger charge is -2.51. The average Bonchev–Trinajstić information content (AvgIpc) is 3.18. The van der Waals surface area contributed by atoms with E-state index in [0.717, 1.165) is 61.2 Å². The quantitative estimate of drug-likeness (QED) is 0.394. The molecule has 2 aromatic carbocycles. The fourth-order valence-electron chi connectivity index (χ4n) is 7.66. The zero-order chi connectivity index (χ0) is 25.0. The predicted molar refractivity (Wildman–Crippen MR) is 134 cm³/mol. The fraction of sp³-hybridized carbons (Fsp3) is 0.571. The van der Waals surface area contributed by atoms with E-state index in [1.54, 1.807) is 26.4 Å². The van der Waals surface area contributed by atoms with Crippen molar-refractivity contribution >= 4 is 10.1 Å². The molecular weight excluding hydrogens is 464 g/mol. The molecule has 3 aliphatic rings. The van der Waals surface area contributed by atoms with Crippen molar-refractivity contribution in [3.8, 4) is 11.5 Å². The molecule has 6 nitrogen and oxygen atoms in total. The third kappa shape index (κ3) is 4.15. The molecule has 7 heteroatoms. The molecule has 5 rings (SSSR count). The third-order valence-electron chi connectivity index (χ3n) is 9.16. The number of ether oxygens (including phenoxy) is 3. The minimum atomic E-state index is -4.27. The zero-order valence-corrected chi connectivity index (χ0v) is 21.9. The Morgan fingerprint density at radius 3 is 2.54 bits per heavy atom. The van der Waals surface area contributed by atoms with E-state index in [4.69, 9.17) is 14.2 Å². The summed E-state index contributed by atoms with van der Waals surface area (Å²) in [5.74, 6) is 3.15. The highest BCUT2D eigenvalue weighted by molar-refractivity contribution is 7.85. The van der Waals surface area contributed by atoms with Gasteiger partial charge in [-0.05, 0) is 109 Å². The minimum Gasteiger partial charge on any atom is -0.493 e. The Morgan fingerprint density at radius 1 is 1.03 bits per heavy atom. The maximum Gasteiger partial charge on any atom is 0.294 e. The van der Waals surface area contributed by atoms with Gasteiger partial charge in [-0.15, -0.1) is 0 Å². The molecule has 2 saturated carbocycles. The molecule has 0 amide bonds. The van der Waals surface area contributed by atoms with Gasteiger partial charge in [-0.25, -0.2) is 0 Å². The van der Waals surface area contributed by atoms with Crippen molar-refractivity contribution in [2.24, 2.45) is 17.3 Å². The number of hydrogen-bond acceptors (Lipinski definition) is 5. The summed E-state index contributed by atoms with van der Waals surface area (Å²) >= 11 is 0. The second kappa shape index (κ2) is 9.09. The summed E-state index contributed by atoms with van der Waals surface area (Å²) in [4.78, 5) is 0.0828. The van der Waals surface area contributed by atoms with Crippen LogP contribution in [-0.4, -0.2) is 34.0 Å². The number of benzene rings is 2. The molecule has 0 spiro atoms. The summed E-state index contributed by atoms with van der Waals surface area (Å²) in [6.07, 6.45) is 6.27. The van der Waals surface area contributed by atoms with Crippen LogP contribution >= 0.6 is 0 Å². The maximum atomic E-state index is 12.2. The largest absolute Gasteiger partial charge is 0.493 e. The number of fused-ring (bicyclic) bond motifs is 5. The van der Waals surface area contributed by atoms with Gasteiger partial charge in [-0.1, -0.05) is 24.6 Å². The van der Waals surface area contributed by atoms with Gasteiger partial charge in [-0.3, -0.25) is 4.55 Å². The van der Waals surface area contributed by atoms with Crippen molar-refractivity contribution in [2.75, 3.05) is 21.0 Å². The molecule has 0 saturated heterocycles. The molecule has 2 aromatic rings. The summed E-state index contributed by atoms with van der Waals surface area (Å²) in [6.45, 7) is 4.53. The fourth-order valence-corrected chi connectivity index (χ4v) is 8.40. The molecule has 0 heterocycles. The molecule has 0 bridgehead atoms. The average molecular weight is 501 g/mol. The van der Waals surface area contributed by atoms with E-state index in [1.807, 2.05) is 13.0 Å². The highest BCUT2D eigenvalue weighted by Crippen LogP contribution is 2.66. The lowest BCUT2D eigenvalue weighted by molar-refractivity contribution is 0.0451. The molecule has 5 atom stereocenters. The first-order chi connectivity index (χ1) is 16.7. The van der Waals surface area contributed by atoms with Crippen molar-refractivity contribution in [1.29, 1.82) is 0 Å². The van der Waals surface area contributed by atoms with Gasteiger partial charge in [0.2, 0.25) is 0 Å². The zero-order valence-electron chi connectivity index (χ0n) is 21.0. The van der Waals surface area contributed by atoms with Gasteiger partial charge in [0.05, 0.1) is 12.0 Å². The van der Waals surface area contributed by atoms with Crippen LogP contribution in [0, 0.1) is 24.2 Å². The lowest BCUT2D eigenvalue weighted by atomic mass is 9.53. The Bertz CT molecular complexity index is 1220. The van der Waals surface area contributed by atoms with Crippen molar-refractivity contribution in [2.45, 2.75) is 69.1 Å². The minimum absolute atomic E-state index is 0.0114.